The minimum absolute atomic E-state index is 0.0270. The van der Waals surface area contributed by atoms with E-state index in [0.717, 1.165) is 12.5 Å². The number of nitro groups is 1. The molecule has 0 aromatic heterocycles. The zero-order chi connectivity index (χ0) is 15.0. The van der Waals surface area contributed by atoms with Crippen LogP contribution in [0.25, 0.3) is 0 Å². The van der Waals surface area contributed by atoms with Crippen LogP contribution >= 0.6 is 0 Å². The van der Waals surface area contributed by atoms with Gasteiger partial charge < -0.3 is 4.90 Å². The molecule has 1 unspecified atom stereocenters. The molecule has 1 atom stereocenters. The van der Waals surface area contributed by atoms with Crippen LogP contribution in [0.2, 0.25) is 0 Å². The lowest BCUT2D eigenvalue weighted by Crippen LogP contribution is -2.34. The molecule has 0 saturated carbocycles. The second-order valence-corrected chi connectivity index (χ2v) is 5.21. The van der Waals surface area contributed by atoms with E-state index in [4.69, 9.17) is 0 Å². The number of nitro benzene ring substituents is 1. The Bertz CT molecular complexity index is 702. The zero-order valence-electron chi connectivity index (χ0n) is 11.6. The van der Waals surface area contributed by atoms with E-state index in [0.29, 0.717) is 12.2 Å². The summed E-state index contributed by atoms with van der Waals surface area (Å²) >= 11 is 0. The van der Waals surface area contributed by atoms with Gasteiger partial charge >= 0.3 is 0 Å². The molecular weight excluding hydrogens is 271 g/mol. The molecule has 0 spiro atoms. The van der Waals surface area contributed by atoms with Crippen molar-refractivity contribution in [2.45, 2.75) is 19.4 Å². The van der Waals surface area contributed by atoms with Gasteiger partial charge in [0.2, 0.25) is 0 Å². The molecule has 108 valence electrons. The van der Waals surface area contributed by atoms with Crippen molar-refractivity contribution in [2.75, 3.05) is 11.4 Å². The number of fused-ring (bicyclic) bond motifs is 1. The van der Waals surface area contributed by atoms with E-state index in [2.05, 4.69) is 6.07 Å². The van der Waals surface area contributed by atoms with Crippen molar-refractivity contribution < 1.29 is 9.31 Å². The minimum atomic E-state index is -0.587. The number of anilines is 1. The summed E-state index contributed by atoms with van der Waals surface area (Å²) < 4.78 is 13.3. The van der Waals surface area contributed by atoms with E-state index in [9.17, 15) is 14.5 Å². The Morgan fingerprint density at radius 2 is 2.05 bits per heavy atom. The first-order valence-electron chi connectivity index (χ1n) is 6.86. The third-order valence-corrected chi connectivity index (χ3v) is 4.04. The van der Waals surface area contributed by atoms with E-state index in [1.54, 1.807) is 0 Å². The lowest BCUT2D eigenvalue weighted by molar-refractivity contribution is -0.384. The van der Waals surface area contributed by atoms with Crippen LogP contribution in [0.1, 0.15) is 24.1 Å². The Hall–Kier alpha value is -2.43. The summed E-state index contributed by atoms with van der Waals surface area (Å²) in [5, 5.41) is 11.2. The summed E-state index contributed by atoms with van der Waals surface area (Å²) in [5.74, 6) is -0.587. The highest BCUT2D eigenvalue weighted by atomic mass is 19.1. The van der Waals surface area contributed by atoms with Crippen LogP contribution < -0.4 is 4.90 Å². The van der Waals surface area contributed by atoms with Gasteiger partial charge in [-0.25, -0.2) is 4.39 Å². The number of halogens is 1. The molecule has 2 aromatic carbocycles. The topological polar surface area (TPSA) is 46.4 Å². The summed E-state index contributed by atoms with van der Waals surface area (Å²) in [6, 6.07) is 11.9. The Balaban J connectivity index is 2.05. The molecule has 0 N–H and O–H groups in total. The molecule has 0 bridgehead atoms. The van der Waals surface area contributed by atoms with E-state index in [1.165, 1.54) is 23.3 Å². The lowest BCUT2D eigenvalue weighted by Gasteiger charge is -2.36. The second-order valence-electron chi connectivity index (χ2n) is 5.21. The summed E-state index contributed by atoms with van der Waals surface area (Å²) in [4.78, 5) is 12.6. The fourth-order valence-electron chi connectivity index (χ4n) is 2.99. The number of nitrogens with zero attached hydrogens (tertiary/aromatic N) is 2. The molecule has 1 aliphatic rings. The first-order chi connectivity index (χ1) is 10.1. The Kier molecular flexibility index (Phi) is 3.33. The third-order valence-electron chi connectivity index (χ3n) is 4.04. The van der Waals surface area contributed by atoms with Crippen molar-refractivity contribution in [1.29, 1.82) is 0 Å². The number of benzene rings is 2. The molecule has 0 radical (unpaired) electrons. The lowest BCUT2D eigenvalue weighted by atomic mass is 9.93. The quantitative estimate of drug-likeness (QED) is 0.622. The average Bonchev–Trinajstić information content (AvgIpc) is 2.48. The van der Waals surface area contributed by atoms with Crippen molar-refractivity contribution in [3.63, 3.8) is 0 Å². The highest BCUT2D eigenvalue weighted by Gasteiger charge is 2.28. The normalized spacial score (nSPS) is 17.4. The molecule has 0 amide bonds. The average molecular weight is 286 g/mol. The molecule has 5 heteroatoms. The van der Waals surface area contributed by atoms with Gasteiger partial charge in [0.25, 0.3) is 5.69 Å². The van der Waals surface area contributed by atoms with Crippen molar-refractivity contribution in [2.24, 2.45) is 0 Å². The summed E-state index contributed by atoms with van der Waals surface area (Å²) in [7, 11) is 0. The van der Waals surface area contributed by atoms with Gasteiger partial charge in [-0.3, -0.25) is 10.1 Å². The highest BCUT2D eigenvalue weighted by molar-refractivity contribution is 5.65. The fourth-order valence-corrected chi connectivity index (χ4v) is 2.99. The monoisotopic (exact) mass is 286 g/mol. The summed E-state index contributed by atoms with van der Waals surface area (Å²) in [6.07, 6.45) is 0.828. The maximum atomic E-state index is 13.3. The standard InChI is InChI=1S/C16H15FN2O2/c1-11-14-5-3-2-4-12(14)8-9-18(11)15-7-6-13(17)10-16(15)19(20)21/h2-7,10-11H,8-9H2,1H3. The fraction of sp³-hybridized carbons (Fsp3) is 0.250. The predicted molar refractivity (Wildman–Crippen MR) is 79.0 cm³/mol. The van der Waals surface area contributed by atoms with Crippen molar-refractivity contribution in [3.05, 3.63) is 69.5 Å². The van der Waals surface area contributed by atoms with Crippen LogP contribution in [0.4, 0.5) is 15.8 Å². The molecule has 0 aliphatic carbocycles. The molecule has 0 fully saturated rings. The SMILES string of the molecule is CC1c2ccccc2CCN1c1ccc(F)cc1[N+](=O)[O-]. The molecule has 21 heavy (non-hydrogen) atoms. The third kappa shape index (κ3) is 2.35. The van der Waals surface area contributed by atoms with E-state index in [1.807, 2.05) is 30.0 Å². The van der Waals surface area contributed by atoms with Gasteiger partial charge in [0, 0.05) is 6.54 Å². The molecule has 0 saturated heterocycles. The van der Waals surface area contributed by atoms with Gasteiger partial charge in [-0.05, 0) is 36.6 Å². The van der Waals surface area contributed by atoms with Crippen molar-refractivity contribution in [1.82, 2.24) is 0 Å². The predicted octanol–water partition coefficient (Wildman–Crippen LogP) is 3.86. The van der Waals surface area contributed by atoms with Crippen molar-refractivity contribution >= 4 is 11.4 Å². The first kappa shape index (κ1) is 13.5. The van der Waals surface area contributed by atoms with Crippen LogP contribution in [-0.4, -0.2) is 11.5 Å². The number of hydrogen-bond donors (Lipinski definition) is 0. The second kappa shape index (κ2) is 5.16. The molecule has 1 heterocycles. The van der Waals surface area contributed by atoms with E-state index >= 15 is 0 Å². The molecule has 2 aromatic rings. The Labute approximate surface area is 122 Å². The zero-order valence-corrected chi connectivity index (χ0v) is 11.6. The first-order valence-corrected chi connectivity index (χ1v) is 6.86. The molecule has 1 aliphatic heterocycles. The van der Waals surface area contributed by atoms with Gasteiger partial charge in [0.05, 0.1) is 17.0 Å². The largest absolute Gasteiger partial charge is 0.359 e. The van der Waals surface area contributed by atoms with Crippen LogP contribution in [-0.2, 0) is 6.42 Å². The number of rotatable bonds is 2. The van der Waals surface area contributed by atoms with Crippen LogP contribution in [0, 0.1) is 15.9 Å². The van der Waals surface area contributed by atoms with Crippen LogP contribution in [0.15, 0.2) is 42.5 Å². The van der Waals surface area contributed by atoms with Crippen LogP contribution in [0.5, 0.6) is 0 Å². The maximum Gasteiger partial charge on any atom is 0.295 e. The van der Waals surface area contributed by atoms with Gasteiger partial charge in [-0.15, -0.1) is 0 Å². The van der Waals surface area contributed by atoms with Gasteiger partial charge in [0.1, 0.15) is 11.5 Å². The summed E-state index contributed by atoms with van der Waals surface area (Å²) in [6.45, 7) is 2.70. The highest BCUT2D eigenvalue weighted by Crippen LogP contribution is 2.38. The van der Waals surface area contributed by atoms with Gasteiger partial charge in [-0.1, -0.05) is 24.3 Å². The molecule has 3 rings (SSSR count). The smallest absolute Gasteiger partial charge is 0.295 e. The molecule has 4 nitrogen and oxygen atoms in total. The minimum Gasteiger partial charge on any atom is -0.359 e. The van der Waals surface area contributed by atoms with E-state index in [-0.39, 0.29) is 11.7 Å². The van der Waals surface area contributed by atoms with E-state index < -0.39 is 10.7 Å². The number of hydrogen-bond acceptors (Lipinski definition) is 3. The van der Waals surface area contributed by atoms with Crippen molar-refractivity contribution in [3.8, 4) is 0 Å². The summed E-state index contributed by atoms with van der Waals surface area (Å²) in [5.41, 5.74) is 2.73. The van der Waals surface area contributed by atoms with Gasteiger partial charge in [0.15, 0.2) is 0 Å². The van der Waals surface area contributed by atoms with Crippen LogP contribution in [0.3, 0.4) is 0 Å². The molecular formula is C16H15FN2O2. The Morgan fingerprint density at radius 1 is 1.29 bits per heavy atom. The van der Waals surface area contributed by atoms with Gasteiger partial charge in [-0.2, -0.15) is 0 Å². The Morgan fingerprint density at radius 3 is 2.81 bits per heavy atom. The maximum absolute atomic E-state index is 13.3.